The molecule has 0 aliphatic rings. The minimum Gasteiger partial charge on any atom is -0.443 e. The molecule has 2 rings (SSSR count). The molecule has 9 nitrogen and oxygen atoms in total. The minimum absolute atomic E-state index is 0. The molecule has 0 fully saturated rings. The highest BCUT2D eigenvalue weighted by atomic mass is 79.9. The van der Waals surface area contributed by atoms with E-state index in [0.29, 0.717) is 24.0 Å². The normalized spacial score (nSPS) is 10.1. The molecule has 0 aliphatic carbocycles. The molecule has 0 saturated carbocycles. The van der Waals surface area contributed by atoms with E-state index in [1.165, 1.54) is 24.3 Å². The summed E-state index contributed by atoms with van der Waals surface area (Å²) in [7, 11) is 0. The Morgan fingerprint density at radius 1 is 0.846 bits per heavy atom. The number of anilines is 2. The van der Waals surface area contributed by atoms with Crippen LogP contribution in [-0.2, 0) is 12.8 Å². The number of nitrogens with zero attached hydrogens (tertiary/aromatic N) is 2. The first-order valence-corrected chi connectivity index (χ1v) is 7.61. The van der Waals surface area contributed by atoms with Gasteiger partial charge in [-0.05, 0) is 37.1 Å². The smallest absolute Gasteiger partial charge is 0.316 e. The van der Waals surface area contributed by atoms with Crippen molar-refractivity contribution in [1.29, 1.82) is 0 Å². The maximum atomic E-state index is 11.5. The average molecular weight is 427 g/mol. The van der Waals surface area contributed by atoms with Gasteiger partial charge in [0.2, 0.25) is 11.5 Å². The van der Waals surface area contributed by atoms with Crippen molar-refractivity contribution in [3.05, 3.63) is 55.6 Å². The molecule has 0 saturated heterocycles. The molecule has 0 aromatic heterocycles. The molecular weight excluding hydrogens is 408 g/mol. The molecule has 10 heteroatoms. The lowest BCUT2D eigenvalue weighted by Crippen LogP contribution is -2.05. The van der Waals surface area contributed by atoms with Crippen molar-refractivity contribution in [1.82, 2.24) is 0 Å². The van der Waals surface area contributed by atoms with Crippen molar-refractivity contribution >= 4 is 39.7 Å². The number of nitrogen functional groups attached to an aromatic ring is 2. The predicted octanol–water partition coefficient (Wildman–Crippen LogP) is 4.16. The lowest BCUT2D eigenvalue weighted by atomic mass is 10.1. The Hall–Kier alpha value is -2.88. The highest BCUT2D eigenvalue weighted by Gasteiger charge is 2.27. The van der Waals surface area contributed by atoms with Gasteiger partial charge in [0.1, 0.15) is 0 Å². The fraction of sp³-hybridized carbons (Fsp3) is 0.250. The molecule has 0 aliphatic heterocycles. The van der Waals surface area contributed by atoms with E-state index in [-0.39, 0.29) is 51.2 Å². The number of benzene rings is 2. The van der Waals surface area contributed by atoms with E-state index in [9.17, 15) is 20.2 Å². The summed E-state index contributed by atoms with van der Waals surface area (Å²) >= 11 is 0. The molecule has 0 unspecified atom stereocenters. The van der Waals surface area contributed by atoms with Gasteiger partial charge in [-0.2, -0.15) is 0 Å². The minimum atomic E-state index is -0.603. The topological polar surface area (TPSA) is 148 Å². The molecule has 0 radical (unpaired) electrons. The van der Waals surface area contributed by atoms with E-state index in [2.05, 4.69) is 0 Å². The van der Waals surface area contributed by atoms with Crippen LogP contribution < -0.4 is 16.2 Å². The third-order valence-electron chi connectivity index (χ3n) is 3.86. The Labute approximate surface area is 160 Å². The predicted molar refractivity (Wildman–Crippen MR) is 104 cm³/mol. The van der Waals surface area contributed by atoms with Crippen LogP contribution in [-0.4, -0.2) is 9.85 Å². The number of nitro benzene ring substituents is 2. The van der Waals surface area contributed by atoms with Gasteiger partial charge in [0.05, 0.1) is 21.0 Å². The SMILES string of the molecule is Br.CCc1c(N)ccc(Oc2ccc(N)c(CC)c2[N+](=O)[O-])c1[N+](=O)[O-]. The van der Waals surface area contributed by atoms with Crippen molar-refractivity contribution < 1.29 is 14.6 Å². The summed E-state index contributed by atoms with van der Waals surface area (Å²) in [4.78, 5) is 21.7. The van der Waals surface area contributed by atoms with E-state index in [1.807, 2.05) is 0 Å². The fourth-order valence-corrected chi connectivity index (χ4v) is 2.69. The summed E-state index contributed by atoms with van der Waals surface area (Å²) in [5.74, 6) is -0.211. The summed E-state index contributed by atoms with van der Waals surface area (Å²) in [6.45, 7) is 3.45. The van der Waals surface area contributed by atoms with Gasteiger partial charge in [-0.15, -0.1) is 17.0 Å². The summed E-state index contributed by atoms with van der Waals surface area (Å²) in [6.07, 6.45) is 0.646. The van der Waals surface area contributed by atoms with Gasteiger partial charge in [0.15, 0.2) is 0 Å². The number of rotatable bonds is 6. The largest absolute Gasteiger partial charge is 0.443 e. The van der Waals surface area contributed by atoms with E-state index < -0.39 is 9.85 Å². The second-order valence-electron chi connectivity index (χ2n) is 5.28. The number of ether oxygens (including phenoxy) is 1. The lowest BCUT2D eigenvalue weighted by Gasteiger charge is -2.13. The van der Waals surface area contributed by atoms with Crippen molar-refractivity contribution in [2.45, 2.75) is 26.7 Å². The number of halogens is 1. The summed E-state index contributed by atoms with van der Waals surface area (Å²) < 4.78 is 5.56. The number of hydrogen-bond donors (Lipinski definition) is 2. The third-order valence-corrected chi connectivity index (χ3v) is 3.86. The number of nitrogens with two attached hydrogens (primary N) is 2. The van der Waals surface area contributed by atoms with Crippen LogP contribution in [0.25, 0.3) is 0 Å². The second kappa shape index (κ2) is 8.48. The zero-order valence-corrected chi connectivity index (χ0v) is 15.9. The zero-order chi connectivity index (χ0) is 18.7. The van der Waals surface area contributed by atoms with Crippen LogP contribution in [0.15, 0.2) is 24.3 Å². The highest BCUT2D eigenvalue weighted by Crippen LogP contribution is 2.42. The van der Waals surface area contributed by atoms with Crippen molar-refractivity contribution in [3.8, 4) is 11.5 Å². The molecular formula is C16H19BrN4O5. The molecule has 0 atom stereocenters. The van der Waals surface area contributed by atoms with Crippen LogP contribution in [0.5, 0.6) is 11.5 Å². The molecule has 0 heterocycles. The Balaban J connectivity index is 0.00000338. The average Bonchev–Trinajstić information content (AvgIpc) is 2.56. The van der Waals surface area contributed by atoms with Crippen molar-refractivity contribution in [3.63, 3.8) is 0 Å². The van der Waals surface area contributed by atoms with Gasteiger partial charge in [-0.25, -0.2) is 0 Å². The molecule has 0 amide bonds. The molecule has 4 N–H and O–H groups in total. The van der Waals surface area contributed by atoms with E-state index >= 15 is 0 Å². The third kappa shape index (κ3) is 3.85. The maximum Gasteiger partial charge on any atom is 0.316 e. The second-order valence-corrected chi connectivity index (χ2v) is 5.28. The Morgan fingerprint density at radius 3 is 1.46 bits per heavy atom. The van der Waals surface area contributed by atoms with E-state index in [1.54, 1.807) is 13.8 Å². The molecule has 0 spiro atoms. The highest BCUT2D eigenvalue weighted by molar-refractivity contribution is 8.93. The number of nitro groups is 2. The van der Waals surface area contributed by atoms with Gasteiger partial charge in [0, 0.05) is 11.4 Å². The summed E-state index contributed by atoms with van der Waals surface area (Å²) in [5.41, 5.74) is 12.1. The Morgan fingerprint density at radius 2 is 1.19 bits per heavy atom. The van der Waals surface area contributed by atoms with Crippen LogP contribution in [0.1, 0.15) is 25.0 Å². The lowest BCUT2D eigenvalue weighted by molar-refractivity contribution is -0.388. The van der Waals surface area contributed by atoms with E-state index in [0.717, 1.165) is 0 Å². The monoisotopic (exact) mass is 426 g/mol. The first kappa shape index (κ1) is 21.2. The Kier molecular flexibility index (Phi) is 6.90. The van der Waals surface area contributed by atoms with Gasteiger partial charge in [-0.3, -0.25) is 20.2 Å². The number of hydrogen-bond acceptors (Lipinski definition) is 7. The maximum absolute atomic E-state index is 11.5. The van der Waals surface area contributed by atoms with Crippen molar-refractivity contribution in [2.24, 2.45) is 0 Å². The van der Waals surface area contributed by atoms with Crippen LogP contribution in [0, 0.1) is 20.2 Å². The van der Waals surface area contributed by atoms with Gasteiger partial charge >= 0.3 is 11.4 Å². The van der Waals surface area contributed by atoms with Crippen molar-refractivity contribution in [2.75, 3.05) is 11.5 Å². The molecule has 0 bridgehead atoms. The van der Waals surface area contributed by atoms with Crippen LogP contribution >= 0.6 is 17.0 Å². The Bertz CT molecular complexity index is 788. The molecule has 2 aromatic carbocycles. The molecule has 26 heavy (non-hydrogen) atoms. The van der Waals surface area contributed by atoms with Crippen LogP contribution in [0.2, 0.25) is 0 Å². The van der Waals surface area contributed by atoms with Crippen LogP contribution in [0.4, 0.5) is 22.7 Å². The molecule has 140 valence electrons. The quantitative estimate of drug-likeness (QED) is 0.399. The first-order valence-electron chi connectivity index (χ1n) is 7.61. The fourth-order valence-electron chi connectivity index (χ4n) is 2.69. The zero-order valence-electron chi connectivity index (χ0n) is 14.2. The molecule has 2 aromatic rings. The van der Waals surface area contributed by atoms with Gasteiger partial charge in [-0.1, -0.05) is 13.8 Å². The van der Waals surface area contributed by atoms with Gasteiger partial charge in [0.25, 0.3) is 0 Å². The van der Waals surface area contributed by atoms with E-state index in [4.69, 9.17) is 16.2 Å². The van der Waals surface area contributed by atoms with Crippen LogP contribution in [0.3, 0.4) is 0 Å². The summed E-state index contributed by atoms with van der Waals surface area (Å²) in [5, 5.41) is 22.9. The van der Waals surface area contributed by atoms with Gasteiger partial charge < -0.3 is 16.2 Å². The standard InChI is InChI=1S/C16H18N4O5.BrH/c1-3-9-11(17)5-7-13(15(9)19(21)22)25-14-8-6-12(18)10(4-2)16(14)20(23)24;/h5-8H,3-4,17-18H2,1-2H3;1H. The first-order chi connectivity index (χ1) is 11.8. The summed E-state index contributed by atoms with van der Waals surface area (Å²) in [6, 6.07) is 5.62.